The highest BCUT2D eigenvalue weighted by Gasteiger charge is 2.11. The number of pyridine rings is 1. The molecule has 0 unspecified atom stereocenters. The van der Waals surface area contributed by atoms with E-state index in [1.807, 2.05) is 25.1 Å². The van der Waals surface area contributed by atoms with Crippen molar-refractivity contribution in [1.82, 2.24) is 4.98 Å². The second-order valence-corrected chi connectivity index (χ2v) is 6.20. The first-order chi connectivity index (χ1) is 10.0. The molecule has 0 bridgehead atoms. The van der Waals surface area contributed by atoms with Gasteiger partial charge in [0.2, 0.25) is 0 Å². The number of aliphatic hydroxyl groups is 1. The van der Waals surface area contributed by atoms with Gasteiger partial charge in [0.25, 0.3) is 0 Å². The van der Waals surface area contributed by atoms with Crippen molar-refractivity contribution in [1.29, 1.82) is 0 Å². The van der Waals surface area contributed by atoms with Gasteiger partial charge in [0, 0.05) is 4.47 Å². The summed E-state index contributed by atoms with van der Waals surface area (Å²) in [6, 6.07) is 9.63. The standard InChI is InChI=1S/C17H20BrNO2/c1-4-16(20)15-7-6-13(10-19-15)21-17-8-5-12(18)9-14(17)11(2)3/h5-11,16,20H,4H2,1-3H3/t16-/m0/s1. The van der Waals surface area contributed by atoms with Crippen LogP contribution in [-0.2, 0) is 0 Å². The van der Waals surface area contributed by atoms with Crippen molar-refractivity contribution in [2.75, 3.05) is 0 Å². The van der Waals surface area contributed by atoms with E-state index in [0.717, 1.165) is 15.8 Å². The highest BCUT2D eigenvalue weighted by atomic mass is 79.9. The summed E-state index contributed by atoms with van der Waals surface area (Å²) >= 11 is 3.49. The van der Waals surface area contributed by atoms with Crippen molar-refractivity contribution in [3.8, 4) is 11.5 Å². The average Bonchev–Trinajstić information content (AvgIpc) is 2.49. The largest absolute Gasteiger partial charge is 0.455 e. The number of benzene rings is 1. The Bertz CT molecular complexity index is 596. The third-order valence-electron chi connectivity index (χ3n) is 3.31. The molecule has 1 aromatic carbocycles. The summed E-state index contributed by atoms with van der Waals surface area (Å²) in [5, 5.41) is 9.75. The molecule has 0 spiro atoms. The Kier molecular flexibility index (Phi) is 5.37. The maximum Gasteiger partial charge on any atom is 0.145 e. The van der Waals surface area contributed by atoms with Crippen LogP contribution in [0.5, 0.6) is 11.5 Å². The van der Waals surface area contributed by atoms with Crippen LogP contribution in [0.4, 0.5) is 0 Å². The van der Waals surface area contributed by atoms with Crippen LogP contribution in [0.1, 0.15) is 50.5 Å². The van der Waals surface area contributed by atoms with Crippen molar-refractivity contribution >= 4 is 15.9 Å². The summed E-state index contributed by atoms with van der Waals surface area (Å²) in [6.45, 7) is 6.19. The summed E-state index contributed by atoms with van der Waals surface area (Å²) in [6.07, 6.45) is 1.79. The van der Waals surface area contributed by atoms with Crippen molar-refractivity contribution in [3.05, 3.63) is 52.3 Å². The number of hydrogen-bond acceptors (Lipinski definition) is 3. The number of halogens is 1. The molecule has 2 rings (SSSR count). The van der Waals surface area contributed by atoms with Gasteiger partial charge in [0.15, 0.2) is 0 Å². The summed E-state index contributed by atoms with van der Waals surface area (Å²) in [4.78, 5) is 4.25. The fraction of sp³-hybridized carbons (Fsp3) is 0.353. The van der Waals surface area contributed by atoms with E-state index in [-0.39, 0.29) is 0 Å². The fourth-order valence-electron chi connectivity index (χ4n) is 2.05. The van der Waals surface area contributed by atoms with Gasteiger partial charge in [0.05, 0.1) is 18.0 Å². The summed E-state index contributed by atoms with van der Waals surface area (Å²) in [7, 11) is 0. The summed E-state index contributed by atoms with van der Waals surface area (Å²) in [5.41, 5.74) is 1.81. The van der Waals surface area contributed by atoms with Crippen molar-refractivity contribution < 1.29 is 9.84 Å². The molecule has 0 saturated heterocycles. The lowest BCUT2D eigenvalue weighted by Crippen LogP contribution is -1.99. The number of aromatic nitrogens is 1. The molecule has 1 N–H and O–H groups in total. The Balaban J connectivity index is 2.22. The van der Waals surface area contributed by atoms with E-state index in [0.29, 0.717) is 23.8 Å². The van der Waals surface area contributed by atoms with E-state index < -0.39 is 6.10 Å². The van der Waals surface area contributed by atoms with Crippen LogP contribution in [0.3, 0.4) is 0 Å². The summed E-state index contributed by atoms with van der Waals surface area (Å²) in [5.74, 6) is 1.87. The van der Waals surface area contributed by atoms with Crippen LogP contribution < -0.4 is 4.74 Å². The van der Waals surface area contributed by atoms with Gasteiger partial charge < -0.3 is 9.84 Å². The fourth-order valence-corrected chi connectivity index (χ4v) is 2.43. The lowest BCUT2D eigenvalue weighted by Gasteiger charge is -2.14. The first kappa shape index (κ1) is 16.0. The molecule has 1 atom stereocenters. The first-order valence-corrected chi connectivity index (χ1v) is 7.92. The Morgan fingerprint density at radius 2 is 2.00 bits per heavy atom. The van der Waals surface area contributed by atoms with Gasteiger partial charge in [-0.3, -0.25) is 4.98 Å². The van der Waals surface area contributed by atoms with Crippen LogP contribution in [0.15, 0.2) is 41.0 Å². The molecule has 0 saturated carbocycles. The number of hydrogen-bond donors (Lipinski definition) is 1. The molecule has 0 aliphatic heterocycles. The van der Waals surface area contributed by atoms with E-state index >= 15 is 0 Å². The zero-order chi connectivity index (χ0) is 15.4. The van der Waals surface area contributed by atoms with Gasteiger partial charge >= 0.3 is 0 Å². The lowest BCUT2D eigenvalue weighted by molar-refractivity contribution is 0.169. The van der Waals surface area contributed by atoms with Crippen molar-refractivity contribution in [3.63, 3.8) is 0 Å². The topological polar surface area (TPSA) is 42.4 Å². The molecule has 1 heterocycles. The van der Waals surface area contributed by atoms with Gasteiger partial charge in [-0.2, -0.15) is 0 Å². The molecule has 0 aliphatic carbocycles. The van der Waals surface area contributed by atoms with Crippen molar-refractivity contribution in [2.24, 2.45) is 0 Å². The molecule has 0 amide bonds. The van der Waals surface area contributed by atoms with Crippen LogP contribution >= 0.6 is 15.9 Å². The zero-order valence-electron chi connectivity index (χ0n) is 12.5. The minimum absolute atomic E-state index is 0.367. The number of rotatable bonds is 5. The van der Waals surface area contributed by atoms with Gasteiger partial charge in [-0.1, -0.05) is 36.7 Å². The van der Waals surface area contributed by atoms with E-state index in [1.165, 1.54) is 0 Å². The van der Waals surface area contributed by atoms with E-state index in [9.17, 15) is 5.11 Å². The highest BCUT2D eigenvalue weighted by molar-refractivity contribution is 9.10. The molecule has 0 fully saturated rings. The molecule has 112 valence electrons. The molecule has 21 heavy (non-hydrogen) atoms. The number of nitrogens with zero attached hydrogens (tertiary/aromatic N) is 1. The smallest absolute Gasteiger partial charge is 0.145 e. The predicted octanol–water partition coefficient (Wildman–Crippen LogP) is 5.20. The number of aliphatic hydroxyl groups excluding tert-OH is 1. The maximum absolute atomic E-state index is 9.75. The minimum atomic E-state index is -0.516. The quantitative estimate of drug-likeness (QED) is 0.806. The molecule has 2 aromatic rings. The molecule has 0 radical (unpaired) electrons. The average molecular weight is 350 g/mol. The Morgan fingerprint density at radius 3 is 2.57 bits per heavy atom. The number of ether oxygens (including phenoxy) is 1. The predicted molar refractivity (Wildman–Crippen MR) is 87.8 cm³/mol. The van der Waals surface area contributed by atoms with Gasteiger partial charge in [-0.05, 0) is 48.2 Å². The van der Waals surface area contributed by atoms with Crippen LogP contribution in [0.2, 0.25) is 0 Å². The normalized spacial score (nSPS) is 12.5. The van der Waals surface area contributed by atoms with E-state index in [4.69, 9.17) is 4.74 Å². The molecule has 4 heteroatoms. The van der Waals surface area contributed by atoms with Gasteiger partial charge in [-0.15, -0.1) is 0 Å². The van der Waals surface area contributed by atoms with Gasteiger partial charge in [-0.25, -0.2) is 0 Å². The third-order valence-corrected chi connectivity index (χ3v) is 3.80. The first-order valence-electron chi connectivity index (χ1n) is 7.12. The van der Waals surface area contributed by atoms with Crippen molar-refractivity contribution in [2.45, 2.75) is 39.2 Å². The van der Waals surface area contributed by atoms with Crippen LogP contribution in [-0.4, -0.2) is 10.1 Å². The molecular weight excluding hydrogens is 330 g/mol. The monoisotopic (exact) mass is 349 g/mol. The van der Waals surface area contributed by atoms with Crippen LogP contribution in [0.25, 0.3) is 0 Å². The summed E-state index contributed by atoms with van der Waals surface area (Å²) < 4.78 is 6.97. The zero-order valence-corrected chi connectivity index (χ0v) is 14.1. The second kappa shape index (κ2) is 7.05. The van der Waals surface area contributed by atoms with Gasteiger partial charge in [0.1, 0.15) is 11.5 Å². The third kappa shape index (κ3) is 4.05. The highest BCUT2D eigenvalue weighted by Crippen LogP contribution is 2.32. The SMILES string of the molecule is CC[C@H](O)c1ccc(Oc2ccc(Br)cc2C(C)C)cn1. The van der Waals surface area contributed by atoms with Crippen LogP contribution in [0, 0.1) is 0 Å². The Morgan fingerprint density at radius 1 is 1.24 bits per heavy atom. The Hall–Kier alpha value is -1.39. The molecular formula is C17H20BrNO2. The molecule has 3 nitrogen and oxygen atoms in total. The minimum Gasteiger partial charge on any atom is -0.455 e. The Labute approximate surface area is 134 Å². The van der Waals surface area contributed by atoms with E-state index in [2.05, 4.69) is 40.8 Å². The molecule has 0 aliphatic rings. The molecule has 1 aromatic heterocycles. The van der Waals surface area contributed by atoms with E-state index in [1.54, 1.807) is 12.3 Å². The second-order valence-electron chi connectivity index (χ2n) is 5.28. The maximum atomic E-state index is 9.75. The lowest BCUT2D eigenvalue weighted by atomic mass is 10.0.